The van der Waals surface area contributed by atoms with Crippen molar-refractivity contribution in [3.05, 3.63) is 32.8 Å². The Morgan fingerprint density at radius 2 is 2.16 bits per heavy atom. The van der Waals surface area contributed by atoms with E-state index >= 15 is 0 Å². The Morgan fingerprint density at radius 3 is 2.63 bits per heavy atom. The largest absolute Gasteiger partial charge is 0.368 e. The molecule has 1 heterocycles. The molecule has 0 bridgehead atoms. The van der Waals surface area contributed by atoms with Crippen LogP contribution in [-0.4, -0.2) is 31.0 Å². The zero-order chi connectivity index (χ0) is 14.2. The predicted molar refractivity (Wildman–Crippen MR) is 72.6 cm³/mol. The number of aryl methyl sites for hydroxylation is 1. The summed E-state index contributed by atoms with van der Waals surface area (Å²) >= 11 is 6.10. The van der Waals surface area contributed by atoms with Crippen molar-refractivity contribution in [2.75, 3.05) is 25.0 Å². The van der Waals surface area contributed by atoms with Gasteiger partial charge >= 0.3 is 0 Å². The van der Waals surface area contributed by atoms with Gasteiger partial charge in [-0.3, -0.25) is 14.9 Å². The summed E-state index contributed by atoms with van der Waals surface area (Å²) in [5.41, 5.74) is 1.50. The summed E-state index contributed by atoms with van der Waals surface area (Å²) in [5.74, 6) is -0.0393. The van der Waals surface area contributed by atoms with Crippen molar-refractivity contribution in [1.82, 2.24) is 5.32 Å². The monoisotopic (exact) mass is 283 g/mol. The van der Waals surface area contributed by atoms with Crippen molar-refractivity contribution in [2.45, 2.75) is 6.92 Å². The third kappa shape index (κ3) is 2.49. The number of anilines is 1. The van der Waals surface area contributed by atoms with Crippen LogP contribution >= 0.6 is 11.6 Å². The Hall–Kier alpha value is -1.82. The van der Waals surface area contributed by atoms with Crippen LogP contribution in [0.25, 0.3) is 0 Å². The van der Waals surface area contributed by atoms with Crippen molar-refractivity contribution in [3.63, 3.8) is 0 Å². The number of nitrogens with one attached hydrogen (secondary N) is 1. The third-order valence-corrected chi connectivity index (χ3v) is 3.55. The zero-order valence-corrected chi connectivity index (χ0v) is 11.4. The van der Waals surface area contributed by atoms with Crippen molar-refractivity contribution < 1.29 is 9.72 Å². The van der Waals surface area contributed by atoms with Gasteiger partial charge in [0.15, 0.2) is 0 Å². The smallest absolute Gasteiger partial charge is 0.271 e. The van der Waals surface area contributed by atoms with Gasteiger partial charge in [0, 0.05) is 32.3 Å². The molecule has 0 atom stereocenters. The van der Waals surface area contributed by atoms with Gasteiger partial charge in [-0.15, -0.1) is 0 Å². The highest BCUT2D eigenvalue weighted by molar-refractivity contribution is 6.33. The number of carbonyl (C=O) groups is 1. The Bertz CT molecular complexity index is 518. The van der Waals surface area contributed by atoms with Gasteiger partial charge in [-0.2, -0.15) is 0 Å². The normalized spacial score (nSPS) is 15.0. The van der Waals surface area contributed by atoms with Crippen LogP contribution in [0.5, 0.6) is 0 Å². The molecule has 102 valence electrons. The van der Waals surface area contributed by atoms with Gasteiger partial charge < -0.3 is 10.2 Å². The molecule has 7 heteroatoms. The number of amides is 1. The minimum Gasteiger partial charge on any atom is -0.368 e. The average Bonchev–Trinajstić information content (AvgIpc) is 2.29. The molecule has 0 saturated carbocycles. The highest BCUT2D eigenvalue weighted by Gasteiger charge is 2.34. The SMILES string of the molecule is CNC(=O)C1CN(c2c(C)cc([N+](=O)[O-])cc2Cl)C1. The number of benzene rings is 1. The maximum Gasteiger partial charge on any atom is 0.271 e. The lowest BCUT2D eigenvalue weighted by Crippen LogP contribution is -2.53. The first-order valence-electron chi connectivity index (χ1n) is 5.85. The van der Waals surface area contributed by atoms with Crippen molar-refractivity contribution in [3.8, 4) is 0 Å². The second-order valence-electron chi connectivity index (χ2n) is 4.57. The summed E-state index contributed by atoms with van der Waals surface area (Å²) in [7, 11) is 1.61. The molecule has 1 aliphatic heterocycles. The van der Waals surface area contributed by atoms with Crippen LogP contribution < -0.4 is 10.2 Å². The van der Waals surface area contributed by atoms with Gasteiger partial charge in [-0.1, -0.05) is 11.6 Å². The van der Waals surface area contributed by atoms with Crippen molar-refractivity contribution in [1.29, 1.82) is 0 Å². The molecule has 6 nitrogen and oxygen atoms in total. The van der Waals surface area contributed by atoms with Gasteiger partial charge in [-0.25, -0.2) is 0 Å². The number of nitro groups is 1. The van der Waals surface area contributed by atoms with E-state index in [0.29, 0.717) is 18.1 Å². The lowest BCUT2D eigenvalue weighted by Gasteiger charge is -2.41. The fourth-order valence-electron chi connectivity index (χ4n) is 2.26. The van der Waals surface area contributed by atoms with E-state index in [2.05, 4.69) is 5.32 Å². The molecule has 0 spiro atoms. The van der Waals surface area contributed by atoms with Crippen LogP contribution in [0.4, 0.5) is 11.4 Å². The van der Waals surface area contributed by atoms with Gasteiger partial charge in [0.1, 0.15) is 0 Å². The summed E-state index contributed by atoms with van der Waals surface area (Å²) in [6, 6.07) is 2.84. The molecule has 0 aromatic heterocycles. The van der Waals surface area contributed by atoms with Crippen LogP contribution in [0.15, 0.2) is 12.1 Å². The fourth-order valence-corrected chi connectivity index (χ4v) is 2.64. The Morgan fingerprint density at radius 1 is 1.53 bits per heavy atom. The molecule has 1 amide bonds. The Labute approximate surface area is 115 Å². The van der Waals surface area contributed by atoms with Gasteiger partial charge in [-0.05, 0) is 12.5 Å². The Kier molecular flexibility index (Phi) is 3.61. The second kappa shape index (κ2) is 5.05. The predicted octanol–water partition coefficient (Wildman–Crippen LogP) is 1.74. The van der Waals surface area contributed by atoms with E-state index in [1.165, 1.54) is 12.1 Å². The van der Waals surface area contributed by atoms with E-state index in [4.69, 9.17) is 11.6 Å². The number of non-ortho nitro benzene ring substituents is 1. The van der Waals surface area contributed by atoms with Gasteiger partial charge in [0.25, 0.3) is 5.69 Å². The molecule has 0 radical (unpaired) electrons. The highest BCUT2D eigenvalue weighted by Crippen LogP contribution is 2.37. The number of nitro benzene ring substituents is 1. The molecule has 1 saturated heterocycles. The maximum absolute atomic E-state index is 11.4. The maximum atomic E-state index is 11.4. The molecule has 1 aliphatic rings. The zero-order valence-electron chi connectivity index (χ0n) is 10.6. The molecule has 1 aromatic carbocycles. The number of halogens is 1. The molecule has 0 aliphatic carbocycles. The molecular weight excluding hydrogens is 270 g/mol. The number of carbonyl (C=O) groups excluding carboxylic acids is 1. The van der Waals surface area contributed by atoms with E-state index in [1.807, 2.05) is 4.90 Å². The fraction of sp³-hybridized carbons (Fsp3) is 0.417. The summed E-state index contributed by atoms with van der Waals surface area (Å²) < 4.78 is 0. The standard InChI is InChI=1S/C12H14ClN3O3/c1-7-3-9(16(18)19)4-10(13)11(7)15-5-8(6-15)12(17)14-2/h3-4,8H,5-6H2,1-2H3,(H,14,17). The lowest BCUT2D eigenvalue weighted by molar-refractivity contribution is -0.384. The molecule has 1 N–H and O–H groups in total. The van der Waals surface area contributed by atoms with Crippen LogP contribution in [0.1, 0.15) is 5.56 Å². The first-order chi connectivity index (χ1) is 8.93. The van der Waals surface area contributed by atoms with Crippen LogP contribution in [0.3, 0.4) is 0 Å². The van der Waals surface area contributed by atoms with E-state index < -0.39 is 4.92 Å². The van der Waals surface area contributed by atoms with Crippen LogP contribution in [0.2, 0.25) is 5.02 Å². The van der Waals surface area contributed by atoms with Crippen LogP contribution in [-0.2, 0) is 4.79 Å². The summed E-state index contributed by atoms with van der Waals surface area (Å²) in [6.07, 6.45) is 0. The Balaban J connectivity index is 2.19. The molecule has 2 rings (SSSR count). The van der Waals surface area contributed by atoms with Gasteiger partial charge in [0.05, 0.1) is 21.6 Å². The first-order valence-corrected chi connectivity index (χ1v) is 6.23. The van der Waals surface area contributed by atoms with Crippen molar-refractivity contribution >= 4 is 28.9 Å². The third-order valence-electron chi connectivity index (χ3n) is 3.26. The number of hydrogen-bond acceptors (Lipinski definition) is 4. The summed E-state index contributed by atoms with van der Waals surface area (Å²) in [6.45, 7) is 2.94. The molecule has 1 aromatic rings. The van der Waals surface area contributed by atoms with Crippen molar-refractivity contribution in [2.24, 2.45) is 5.92 Å². The topological polar surface area (TPSA) is 75.5 Å². The van der Waals surface area contributed by atoms with Crippen LogP contribution in [0, 0.1) is 23.0 Å². The first kappa shape index (κ1) is 13.6. The number of hydrogen-bond donors (Lipinski definition) is 1. The minimum absolute atomic E-state index is 0.00642. The van der Waals surface area contributed by atoms with E-state index in [-0.39, 0.29) is 17.5 Å². The molecule has 1 fully saturated rings. The summed E-state index contributed by atoms with van der Waals surface area (Å²) in [4.78, 5) is 23.6. The molecule has 0 unspecified atom stereocenters. The van der Waals surface area contributed by atoms with E-state index in [1.54, 1.807) is 14.0 Å². The molecule has 19 heavy (non-hydrogen) atoms. The second-order valence-corrected chi connectivity index (χ2v) is 4.97. The minimum atomic E-state index is -0.466. The molecular formula is C12H14ClN3O3. The quantitative estimate of drug-likeness (QED) is 0.677. The van der Waals surface area contributed by atoms with E-state index in [9.17, 15) is 14.9 Å². The van der Waals surface area contributed by atoms with E-state index in [0.717, 1.165) is 11.3 Å². The highest BCUT2D eigenvalue weighted by atomic mass is 35.5. The van der Waals surface area contributed by atoms with Gasteiger partial charge in [0.2, 0.25) is 5.91 Å². The average molecular weight is 284 g/mol. The lowest BCUT2D eigenvalue weighted by atomic mass is 9.97. The summed E-state index contributed by atoms with van der Waals surface area (Å²) in [5, 5.41) is 13.7. The number of rotatable bonds is 3. The number of nitrogens with zero attached hydrogens (tertiary/aromatic N) is 2.